The Balaban J connectivity index is 1.89. The summed E-state index contributed by atoms with van der Waals surface area (Å²) < 4.78 is 39.4. The Kier molecular flexibility index (Phi) is 5.83. The molecule has 22 heavy (non-hydrogen) atoms. The highest BCUT2D eigenvalue weighted by molar-refractivity contribution is 5.90. The van der Waals surface area contributed by atoms with Gasteiger partial charge in [-0.1, -0.05) is 13.3 Å². The van der Waals surface area contributed by atoms with Gasteiger partial charge in [-0.15, -0.1) is 0 Å². The minimum absolute atomic E-state index is 0.203. The number of carbonyl (C=O) groups excluding carboxylic acids is 1. The van der Waals surface area contributed by atoms with Crippen LogP contribution in [-0.4, -0.2) is 29.9 Å². The average molecular weight is 314 g/mol. The van der Waals surface area contributed by atoms with E-state index >= 15 is 0 Å². The average Bonchev–Trinajstić information content (AvgIpc) is 2.53. The van der Waals surface area contributed by atoms with Crippen LogP contribution in [0.5, 0.6) is 0 Å². The molecule has 1 N–H and O–H groups in total. The highest BCUT2D eigenvalue weighted by Gasteiger charge is 2.21. The molecule has 1 amide bonds. The quantitative estimate of drug-likeness (QED) is 0.841. The maximum absolute atomic E-state index is 13.5. The number of nitrogens with one attached hydrogen (secondary N) is 1. The standard InChI is InChI=1S/C16H21F3N2O/c1-2-11-5-3-4-9-21(11)10-8-14(22)20-13-7-6-12(17)15(18)16(13)19/h6-7,11H,2-5,8-10H2,1H3,(H,20,22). The van der Waals surface area contributed by atoms with E-state index in [9.17, 15) is 18.0 Å². The second kappa shape index (κ2) is 7.63. The molecule has 1 atom stereocenters. The number of nitrogens with zero attached hydrogens (tertiary/aromatic N) is 1. The number of halogens is 3. The number of benzene rings is 1. The van der Waals surface area contributed by atoms with Gasteiger partial charge in [0.25, 0.3) is 0 Å². The molecule has 2 rings (SSSR count). The van der Waals surface area contributed by atoms with Crippen molar-refractivity contribution in [3.63, 3.8) is 0 Å². The third kappa shape index (κ3) is 4.00. The predicted octanol–water partition coefficient (Wildman–Crippen LogP) is 3.70. The molecule has 1 heterocycles. The van der Waals surface area contributed by atoms with Crippen LogP contribution in [0.3, 0.4) is 0 Å². The van der Waals surface area contributed by atoms with Gasteiger partial charge in [0.1, 0.15) is 0 Å². The third-order valence-electron chi connectivity index (χ3n) is 4.16. The van der Waals surface area contributed by atoms with E-state index in [0.29, 0.717) is 12.6 Å². The molecular weight excluding hydrogens is 293 g/mol. The van der Waals surface area contributed by atoms with Crippen molar-refractivity contribution in [2.75, 3.05) is 18.4 Å². The summed E-state index contributed by atoms with van der Waals surface area (Å²) in [5.41, 5.74) is -0.324. The van der Waals surface area contributed by atoms with Crippen molar-refractivity contribution in [2.24, 2.45) is 0 Å². The number of likely N-dealkylation sites (tertiary alicyclic amines) is 1. The van der Waals surface area contributed by atoms with E-state index in [1.165, 1.54) is 6.42 Å². The second-order valence-electron chi connectivity index (χ2n) is 5.61. The first kappa shape index (κ1) is 16.8. The van der Waals surface area contributed by atoms with Crippen LogP contribution in [-0.2, 0) is 4.79 Å². The van der Waals surface area contributed by atoms with Gasteiger partial charge in [-0.05, 0) is 37.9 Å². The minimum atomic E-state index is -1.57. The summed E-state index contributed by atoms with van der Waals surface area (Å²) in [5, 5.41) is 2.30. The van der Waals surface area contributed by atoms with Crippen LogP contribution in [0.25, 0.3) is 0 Å². The van der Waals surface area contributed by atoms with Crippen LogP contribution >= 0.6 is 0 Å². The van der Waals surface area contributed by atoms with E-state index in [1.807, 2.05) is 0 Å². The van der Waals surface area contributed by atoms with Gasteiger partial charge >= 0.3 is 0 Å². The molecule has 0 aromatic heterocycles. The van der Waals surface area contributed by atoms with Crippen molar-refractivity contribution in [3.8, 4) is 0 Å². The van der Waals surface area contributed by atoms with Crippen molar-refractivity contribution >= 4 is 11.6 Å². The Morgan fingerprint density at radius 2 is 2.05 bits per heavy atom. The van der Waals surface area contributed by atoms with Crippen LogP contribution in [0.1, 0.15) is 39.0 Å². The second-order valence-corrected chi connectivity index (χ2v) is 5.61. The fourth-order valence-electron chi connectivity index (χ4n) is 2.90. The van der Waals surface area contributed by atoms with Gasteiger partial charge in [0.15, 0.2) is 17.5 Å². The van der Waals surface area contributed by atoms with Gasteiger partial charge in [-0.3, -0.25) is 9.69 Å². The molecule has 1 aromatic carbocycles. The zero-order chi connectivity index (χ0) is 16.1. The molecule has 1 aliphatic rings. The van der Waals surface area contributed by atoms with E-state index in [-0.39, 0.29) is 12.1 Å². The summed E-state index contributed by atoms with van der Waals surface area (Å²) in [6.07, 6.45) is 4.71. The summed E-state index contributed by atoms with van der Waals surface area (Å²) in [7, 11) is 0. The van der Waals surface area contributed by atoms with Gasteiger partial charge in [0, 0.05) is 19.0 Å². The number of piperidine rings is 1. The normalized spacial score (nSPS) is 19.2. The lowest BCUT2D eigenvalue weighted by atomic mass is 10.00. The van der Waals surface area contributed by atoms with Gasteiger partial charge < -0.3 is 5.32 Å². The van der Waals surface area contributed by atoms with Crippen LogP contribution in [0.2, 0.25) is 0 Å². The number of carbonyl (C=O) groups is 1. The van der Waals surface area contributed by atoms with Gasteiger partial charge in [-0.25, -0.2) is 13.2 Å². The summed E-state index contributed by atoms with van der Waals surface area (Å²) in [6.45, 7) is 3.68. The molecule has 1 saturated heterocycles. The Hall–Kier alpha value is -1.56. The summed E-state index contributed by atoms with van der Waals surface area (Å²) >= 11 is 0. The summed E-state index contributed by atoms with van der Waals surface area (Å²) in [5.74, 6) is -4.60. The molecule has 0 radical (unpaired) electrons. The minimum Gasteiger partial charge on any atom is -0.323 e. The maximum atomic E-state index is 13.5. The first-order valence-corrected chi connectivity index (χ1v) is 7.70. The molecule has 1 fully saturated rings. The molecule has 0 saturated carbocycles. The van der Waals surface area contributed by atoms with Crippen LogP contribution in [0, 0.1) is 17.5 Å². The fourth-order valence-corrected chi connectivity index (χ4v) is 2.90. The van der Waals surface area contributed by atoms with Gasteiger partial charge in [-0.2, -0.15) is 0 Å². The van der Waals surface area contributed by atoms with Crippen LogP contribution < -0.4 is 5.32 Å². The lowest BCUT2D eigenvalue weighted by molar-refractivity contribution is -0.116. The number of hydrogen-bond donors (Lipinski definition) is 1. The van der Waals surface area contributed by atoms with Crippen LogP contribution in [0.4, 0.5) is 18.9 Å². The molecule has 0 bridgehead atoms. The maximum Gasteiger partial charge on any atom is 0.225 e. The Bertz CT molecular complexity index is 536. The number of hydrogen-bond acceptors (Lipinski definition) is 2. The van der Waals surface area contributed by atoms with Crippen molar-refractivity contribution in [2.45, 2.75) is 45.1 Å². The molecule has 122 valence electrons. The predicted molar refractivity (Wildman–Crippen MR) is 79.1 cm³/mol. The van der Waals surface area contributed by atoms with E-state index in [4.69, 9.17) is 0 Å². The number of rotatable bonds is 5. The molecule has 1 aliphatic heterocycles. The highest BCUT2D eigenvalue weighted by atomic mass is 19.2. The Morgan fingerprint density at radius 1 is 1.27 bits per heavy atom. The zero-order valence-corrected chi connectivity index (χ0v) is 12.7. The Labute approximate surface area is 128 Å². The lowest BCUT2D eigenvalue weighted by Crippen LogP contribution is -2.40. The topological polar surface area (TPSA) is 32.3 Å². The van der Waals surface area contributed by atoms with Crippen LogP contribution in [0.15, 0.2) is 12.1 Å². The molecule has 3 nitrogen and oxygen atoms in total. The summed E-state index contributed by atoms with van der Waals surface area (Å²) in [6, 6.07) is 2.31. The van der Waals surface area contributed by atoms with Gasteiger partial charge in [0.05, 0.1) is 5.69 Å². The summed E-state index contributed by atoms with van der Waals surface area (Å²) in [4.78, 5) is 14.1. The largest absolute Gasteiger partial charge is 0.323 e. The monoisotopic (exact) mass is 314 g/mol. The molecule has 6 heteroatoms. The van der Waals surface area contributed by atoms with Crippen molar-refractivity contribution in [1.82, 2.24) is 4.90 Å². The lowest BCUT2D eigenvalue weighted by Gasteiger charge is -2.35. The fraction of sp³-hybridized carbons (Fsp3) is 0.562. The van der Waals surface area contributed by atoms with E-state index < -0.39 is 23.4 Å². The number of amides is 1. The van der Waals surface area contributed by atoms with E-state index in [2.05, 4.69) is 17.1 Å². The molecule has 1 aromatic rings. The van der Waals surface area contributed by atoms with E-state index in [1.54, 1.807) is 0 Å². The molecule has 0 aliphatic carbocycles. The molecule has 0 spiro atoms. The number of anilines is 1. The van der Waals surface area contributed by atoms with E-state index in [0.717, 1.165) is 37.9 Å². The SMILES string of the molecule is CCC1CCCCN1CCC(=O)Nc1ccc(F)c(F)c1F. The van der Waals surface area contributed by atoms with Crippen molar-refractivity contribution in [3.05, 3.63) is 29.6 Å². The van der Waals surface area contributed by atoms with Crippen molar-refractivity contribution < 1.29 is 18.0 Å². The molecular formula is C16H21F3N2O. The van der Waals surface area contributed by atoms with Gasteiger partial charge in [0.2, 0.25) is 5.91 Å². The highest BCUT2D eigenvalue weighted by Crippen LogP contribution is 2.21. The first-order chi connectivity index (χ1) is 10.5. The van der Waals surface area contributed by atoms with Crippen molar-refractivity contribution in [1.29, 1.82) is 0 Å². The first-order valence-electron chi connectivity index (χ1n) is 7.70. The molecule has 1 unspecified atom stereocenters. The smallest absolute Gasteiger partial charge is 0.225 e. The third-order valence-corrected chi connectivity index (χ3v) is 4.16. The Morgan fingerprint density at radius 3 is 2.77 bits per heavy atom. The zero-order valence-electron chi connectivity index (χ0n) is 12.7.